The molecule has 104 valence electrons. The van der Waals surface area contributed by atoms with E-state index < -0.39 is 17.4 Å². The number of carbonyl (C=O) groups excluding carboxylic acids is 1. The molecule has 0 radical (unpaired) electrons. The van der Waals surface area contributed by atoms with Crippen molar-refractivity contribution in [1.82, 2.24) is 0 Å². The van der Waals surface area contributed by atoms with Gasteiger partial charge in [0.05, 0.1) is 25.3 Å². The molecule has 20 heavy (non-hydrogen) atoms. The summed E-state index contributed by atoms with van der Waals surface area (Å²) in [6.07, 6.45) is 0. The Kier molecular flexibility index (Phi) is 3.98. The van der Waals surface area contributed by atoms with E-state index in [1.165, 1.54) is 26.4 Å². The van der Waals surface area contributed by atoms with Crippen LogP contribution in [0.2, 0.25) is 0 Å². The third-order valence-electron chi connectivity index (χ3n) is 2.83. The molecule has 0 aliphatic heterocycles. The molecule has 0 N–H and O–H groups in total. The second-order valence-corrected chi connectivity index (χ2v) is 4.02. The summed E-state index contributed by atoms with van der Waals surface area (Å²) in [5.74, 6) is -1.38. The third-order valence-corrected chi connectivity index (χ3v) is 2.83. The second-order valence-electron chi connectivity index (χ2n) is 4.02. The van der Waals surface area contributed by atoms with Crippen molar-refractivity contribution in [2.24, 2.45) is 0 Å². The van der Waals surface area contributed by atoms with Gasteiger partial charge in [-0.1, -0.05) is 0 Å². The van der Waals surface area contributed by atoms with Gasteiger partial charge in [-0.05, 0) is 30.3 Å². The summed E-state index contributed by atoms with van der Waals surface area (Å²) in [6.45, 7) is 0. The average Bonchev–Trinajstić information content (AvgIpc) is 2.48. The third kappa shape index (κ3) is 2.61. The van der Waals surface area contributed by atoms with E-state index in [1.807, 2.05) is 0 Å². The van der Waals surface area contributed by atoms with Gasteiger partial charge < -0.3 is 9.47 Å². The molecule has 0 aliphatic rings. The quantitative estimate of drug-likeness (QED) is 0.806. The summed E-state index contributed by atoms with van der Waals surface area (Å²) in [5, 5.41) is 0. The van der Waals surface area contributed by atoms with Crippen molar-refractivity contribution in [3.8, 4) is 11.5 Å². The maximum Gasteiger partial charge on any atom is 0.199 e. The molecule has 0 amide bonds. The number of benzene rings is 2. The molecule has 0 spiro atoms. The minimum absolute atomic E-state index is 0.137. The Morgan fingerprint density at radius 3 is 2.35 bits per heavy atom. The molecule has 2 rings (SSSR count). The monoisotopic (exact) mass is 278 g/mol. The lowest BCUT2D eigenvalue weighted by Gasteiger charge is -2.10. The van der Waals surface area contributed by atoms with Crippen LogP contribution >= 0.6 is 0 Å². The molecule has 0 saturated heterocycles. The van der Waals surface area contributed by atoms with Crippen LogP contribution in [-0.2, 0) is 0 Å². The number of ketones is 1. The summed E-state index contributed by atoms with van der Waals surface area (Å²) < 4.78 is 36.9. The highest BCUT2D eigenvalue weighted by atomic mass is 19.1. The summed E-state index contributed by atoms with van der Waals surface area (Å²) in [5.41, 5.74) is -0.203. The van der Waals surface area contributed by atoms with Gasteiger partial charge in [-0.3, -0.25) is 4.79 Å². The zero-order valence-electron chi connectivity index (χ0n) is 10.9. The highest BCUT2D eigenvalue weighted by Gasteiger charge is 2.19. The van der Waals surface area contributed by atoms with Gasteiger partial charge in [0.1, 0.15) is 23.1 Å². The Morgan fingerprint density at radius 2 is 1.70 bits per heavy atom. The Labute approximate surface area is 114 Å². The molecule has 0 aliphatic carbocycles. The first-order valence-electron chi connectivity index (χ1n) is 5.78. The Balaban J connectivity index is 2.50. The van der Waals surface area contributed by atoms with Crippen LogP contribution in [0.3, 0.4) is 0 Å². The van der Waals surface area contributed by atoms with Crippen LogP contribution in [0, 0.1) is 11.6 Å². The van der Waals surface area contributed by atoms with Crippen molar-refractivity contribution in [2.75, 3.05) is 14.2 Å². The number of halogens is 2. The topological polar surface area (TPSA) is 35.5 Å². The predicted octanol–water partition coefficient (Wildman–Crippen LogP) is 3.21. The summed E-state index contributed by atoms with van der Waals surface area (Å²) in [6, 6.07) is 7.24. The number of carbonyl (C=O) groups is 1. The molecular weight excluding hydrogens is 266 g/mol. The van der Waals surface area contributed by atoms with Gasteiger partial charge in [0.15, 0.2) is 5.78 Å². The zero-order valence-corrected chi connectivity index (χ0v) is 10.9. The van der Waals surface area contributed by atoms with E-state index >= 15 is 0 Å². The highest BCUT2D eigenvalue weighted by Crippen LogP contribution is 2.27. The van der Waals surface area contributed by atoms with Crippen molar-refractivity contribution in [2.45, 2.75) is 0 Å². The van der Waals surface area contributed by atoms with Crippen LogP contribution in [0.15, 0.2) is 36.4 Å². The minimum atomic E-state index is -0.783. The molecule has 0 unspecified atom stereocenters. The first kappa shape index (κ1) is 14.0. The van der Waals surface area contributed by atoms with E-state index in [0.29, 0.717) is 5.75 Å². The van der Waals surface area contributed by atoms with Crippen LogP contribution in [0.1, 0.15) is 15.9 Å². The first-order valence-corrected chi connectivity index (χ1v) is 5.78. The van der Waals surface area contributed by atoms with E-state index in [0.717, 1.165) is 18.2 Å². The summed E-state index contributed by atoms with van der Waals surface area (Å²) in [4.78, 5) is 12.3. The van der Waals surface area contributed by atoms with Gasteiger partial charge in [0, 0.05) is 6.07 Å². The van der Waals surface area contributed by atoms with Crippen molar-refractivity contribution in [3.05, 3.63) is 59.2 Å². The van der Waals surface area contributed by atoms with Crippen LogP contribution < -0.4 is 9.47 Å². The SMILES string of the molecule is COc1ccc(C(=O)c2cc(F)ccc2F)c(OC)c1. The Bertz CT molecular complexity index is 654. The van der Waals surface area contributed by atoms with Crippen LogP contribution in [0.25, 0.3) is 0 Å². The molecule has 0 heterocycles. The summed E-state index contributed by atoms with van der Waals surface area (Å²) >= 11 is 0. The van der Waals surface area contributed by atoms with Gasteiger partial charge in [0.25, 0.3) is 0 Å². The standard InChI is InChI=1S/C15H12F2O3/c1-19-10-4-5-11(14(8-10)20-2)15(18)12-7-9(16)3-6-13(12)17/h3-8H,1-2H3. The van der Waals surface area contributed by atoms with Gasteiger partial charge in [-0.2, -0.15) is 0 Å². The molecule has 5 heteroatoms. The van der Waals surface area contributed by atoms with E-state index in [4.69, 9.17) is 9.47 Å². The van der Waals surface area contributed by atoms with Crippen molar-refractivity contribution >= 4 is 5.78 Å². The van der Waals surface area contributed by atoms with E-state index in [1.54, 1.807) is 6.07 Å². The molecule has 2 aromatic rings. The lowest BCUT2D eigenvalue weighted by Crippen LogP contribution is -2.07. The number of methoxy groups -OCH3 is 2. The fourth-order valence-corrected chi connectivity index (χ4v) is 1.80. The molecule has 2 aromatic carbocycles. The molecule has 0 aromatic heterocycles. The Morgan fingerprint density at radius 1 is 0.950 bits per heavy atom. The average molecular weight is 278 g/mol. The molecule has 0 saturated carbocycles. The first-order chi connectivity index (χ1) is 9.56. The number of hydrogen-bond donors (Lipinski definition) is 0. The lowest BCUT2D eigenvalue weighted by molar-refractivity contribution is 0.103. The zero-order chi connectivity index (χ0) is 14.7. The molecule has 0 fully saturated rings. The van der Waals surface area contributed by atoms with E-state index in [9.17, 15) is 13.6 Å². The largest absolute Gasteiger partial charge is 0.497 e. The van der Waals surface area contributed by atoms with Crippen LogP contribution in [0.5, 0.6) is 11.5 Å². The van der Waals surface area contributed by atoms with E-state index in [2.05, 4.69) is 0 Å². The van der Waals surface area contributed by atoms with Crippen molar-refractivity contribution in [1.29, 1.82) is 0 Å². The van der Waals surface area contributed by atoms with Gasteiger partial charge in [-0.15, -0.1) is 0 Å². The maximum absolute atomic E-state index is 13.6. The van der Waals surface area contributed by atoms with Gasteiger partial charge >= 0.3 is 0 Å². The normalized spacial score (nSPS) is 10.2. The molecule has 0 atom stereocenters. The fourth-order valence-electron chi connectivity index (χ4n) is 1.80. The van der Waals surface area contributed by atoms with E-state index in [-0.39, 0.29) is 16.9 Å². The van der Waals surface area contributed by atoms with Gasteiger partial charge in [0.2, 0.25) is 0 Å². The number of rotatable bonds is 4. The fraction of sp³-hybridized carbons (Fsp3) is 0.133. The van der Waals surface area contributed by atoms with Crippen molar-refractivity contribution in [3.63, 3.8) is 0 Å². The Hall–Kier alpha value is -2.43. The number of hydrogen-bond acceptors (Lipinski definition) is 3. The predicted molar refractivity (Wildman–Crippen MR) is 69.3 cm³/mol. The summed E-state index contributed by atoms with van der Waals surface area (Å²) in [7, 11) is 2.86. The molecule has 3 nitrogen and oxygen atoms in total. The number of ether oxygens (including phenoxy) is 2. The lowest BCUT2D eigenvalue weighted by atomic mass is 10.0. The van der Waals surface area contributed by atoms with Crippen molar-refractivity contribution < 1.29 is 23.0 Å². The second kappa shape index (κ2) is 5.69. The highest BCUT2D eigenvalue weighted by molar-refractivity contribution is 6.11. The van der Waals surface area contributed by atoms with Gasteiger partial charge in [-0.25, -0.2) is 8.78 Å². The van der Waals surface area contributed by atoms with Crippen LogP contribution in [-0.4, -0.2) is 20.0 Å². The maximum atomic E-state index is 13.6. The molecular formula is C15H12F2O3. The smallest absolute Gasteiger partial charge is 0.199 e. The van der Waals surface area contributed by atoms with Crippen LogP contribution in [0.4, 0.5) is 8.78 Å². The molecule has 0 bridgehead atoms. The minimum Gasteiger partial charge on any atom is -0.497 e.